The molecule has 3 heterocycles. The number of esters is 3. The molecule has 7 rings (SSSR count). The van der Waals surface area contributed by atoms with E-state index in [0.29, 0.717) is 0 Å². The average Bonchev–Trinajstić information content (AvgIpc) is 3.62. The minimum atomic E-state index is -2.35. The molecule has 1 spiro atoms. The molecule has 3 aliphatic carbocycles. The number of methoxy groups -OCH3 is 2. The lowest BCUT2D eigenvalue weighted by atomic mass is 9.44. The highest BCUT2D eigenvalue weighted by Crippen LogP contribution is 2.67. The number of hydrogen-bond acceptors (Lipinski definition) is 19. The summed E-state index contributed by atoms with van der Waals surface area (Å²) in [6, 6.07) is 10.8. The minimum absolute atomic E-state index is 0.0198. The molecule has 66 heavy (non-hydrogen) atoms. The van der Waals surface area contributed by atoms with Crippen LogP contribution >= 0.6 is 0 Å². The van der Waals surface area contributed by atoms with E-state index in [1.54, 1.807) is 65.0 Å². The Balaban J connectivity index is 1.47. The Morgan fingerprint density at radius 1 is 0.955 bits per heavy atom. The monoisotopic (exact) mass is 922 g/mol. The van der Waals surface area contributed by atoms with E-state index < -0.39 is 124 Å². The van der Waals surface area contributed by atoms with Crippen molar-refractivity contribution in [3.63, 3.8) is 0 Å². The molecule has 2 N–H and O–H groups in total. The highest BCUT2D eigenvalue weighted by Gasteiger charge is 2.83. The van der Waals surface area contributed by atoms with Gasteiger partial charge in [0.1, 0.15) is 30.0 Å². The number of carbonyl (C=O) groups is 7. The summed E-state index contributed by atoms with van der Waals surface area (Å²) in [5.41, 5.74) is -8.69. The second-order valence-corrected chi connectivity index (χ2v) is 18.7. The van der Waals surface area contributed by atoms with Crippen LogP contribution in [0.5, 0.6) is 0 Å². The third-order valence-corrected chi connectivity index (χ3v) is 13.5. The minimum Gasteiger partial charge on any atom is -0.454 e. The molecule has 4 fully saturated rings. The quantitative estimate of drug-likeness (QED) is 0.192. The van der Waals surface area contributed by atoms with Gasteiger partial charge in [-0.15, -0.1) is 0 Å². The summed E-state index contributed by atoms with van der Waals surface area (Å²) in [7, 11) is 2.31. The van der Waals surface area contributed by atoms with Crippen LogP contribution in [0, 0.1) is 16.7 Å². The van der Waals surface area contributed by atoms with E-state index in [-0.39, 0.29) is 35.4 Å². The Hall–Kier alpha value is -6.12. The van der Waals surface area contributed by atoms with Gasteiger partial charge in [0, 0.05) is 32.1 Å². The Kier molecular flexibility index (Phi) is 12.5. The van der Waals surface area contributed by atoms with Crippen LogP contribution in [0.2, 0.25) is 0 Å². The first-order valence-electron chi connectivity index (χ1n) is 21.3. The second kappa shape index (κ2) is 17.3. The molecule has 20 heteroatoms. The fraction of sp³-hybridized carbons (Fsp3) is 0.565. The number of pyridine rings is 1. The number of fused-ring (bicyclic) bond motifs is 4. The third kappa shape index (κ3) is 7.71. The number of aromatic nitrogens is 1. The Morgan fingerprint density at radius 3 is 2.21 bits per heavy atom. The molecule has 5 aliphatic rings. The van der Waals surface area contributed by atoms with E-state index in [1.165, 1.54) is 45.4 Å². The molecule has 2 saturated heterocycles. The standard InChI is InChI=1S/C46H54N2O18/c1-22-28-32(57-9)34(51)44(8)26(60-40(55)58-10)20-27-45(21-59-27,64-23(2)49)33(44)36(62-37(52)24-16-12-11-13-17-24)46(43(28,6)7)35(63-41(56)66-46)31(22)61-38(53)30(50)29(25-18-14-15-19-47-25)48-39(54)65-42(3,4)5/h11-19,26-27,29-33,35-36,50H,20-21H2,1-10H3,(H,48,54)/t26-,27+,29-,30+,31+,32+,33-,35-,36-,44+,45-,46+/m0/s1. The Morgan fingerprint density at radius 2 is 1.64 bits per heavy atom. The number of ether oxygens (including phenoxy) is 10. The van der Waals surface area contributed by atoms with Gasteiger partial charge < -0.3 is 57.8 Å². The zero-order valence-corrected chi connectivity index (χ0v) is 38.1. The number of carbonyl (C=O) groups excluding carboxylic acids is 7. The van der Waals surface area contributed by atoms with Crippen molar-refractivity contribution in [2.45, 2.75) is 127 Å². The summed E-state index contributed by atoms with van der Waals surface area (Å²) in [5, 5.41) is 14.3. The van der Waals surface area contributed by atoms with Crippen molar-refractivity contribution in [2.24, 2.45) is 16.7 Å². The van der Waals surface area contributed by atoms with Crippen LogP contribution in [0.1, 0.15) is 83.9 Å². The molecule has 2 aliphatic heterocycles. The number of nitrogens with zero attached hydrogens (tertiary/aromatic N) is 1. The van der Waals surface area contributed by atoms with Crippen LogP contribution < -0.4 is 5.32 Å². The second-order valence-electron chi connectivity index (χ2n) is 18.7. The van der Waals surface area contributed by atoms with E-state index >= 15 is 4.79 Å². The molecule has 0 radical (unpaired) electrons. The van der Waals surface area contributed by atoms with Gasteiger partial charge >= 0.3 is 36.3 Å². The first kappa shape index (κ1) is 47.8. The van der Waals surface area contributed by atoms with Gasteiger partial charge in [-0.05, 0) is 70.0 Å². The van der Waals surface area contributed by atoms with Gasteiger partial charge in [0.05, 0.1) is 36.3 Å². The fourth-order valence-corrected chi connectivity index (χ4v) is 10.7. The summed E-state index contributed by atoms with van der Waals surface area (Å²) >= 11 is 0. The van der Waals surface area contributed by atoms with Gasteiger partial charge in [0.2, 0.25) is 5.60 Å². The maximum Gasteiger partial charge on any atom is 0.509 e. The van der Waals surface area contributed by atoms with Gasteiger partial charge in [-0.2, -0.15) is 0 Å². The summed E-state index contributed by atoms with van der Waals surface area (Å²) < 4.78 is 59.6. The highest BCUT2D eigenvalue weighted by atomic mass is 16.8. The van der Waals surface area contributed by atoms with Crippen LogP contribution in [0.25, 0.3) is 0 Å². The number of rotatable bonds is 10. The zero-order chi connectivity index (χ0) is 48.3. The predicted octanol–water partition coefficient (Wildman–Crippen LogP) is 4.25. The lowest BCUT2D eigenvalue weighted by Crippen LogP contribution is -2.83. The Bertz CT molecular complexity index is 2310. The number of amides is 1. The average molecular weight is 923 g/mol. The van der Waals surface area contributed by atoms with Crippen molar-refractivity contribution >= 4 is 42.1 Å². The van der Waals surface area contributed by atoms with Crippen molar-refractivity contribution in [3.8, 4) is 0 Å². The lowest BCUT2D eigenvalue weighted by Gasteiger charge is -2.67. The number of hydrogen-bond donors (Lipinski definition) is 2. The summed E-state index contributed by atoms with van der Waals surface area (Å²) in [5.74, 6) is -5.56. The molecular formula is C46H54N2O18. The van der Waals surface area contributed by atoms with E-state index in [4.69, 9.17) is 47.4 Å². The molecule has 356 valence electrons. The van der Waals surface area contributed by atoms with Crippen molar-refractivity contribution < 1.29 is 86.0 Å². The van der Waals surface area contributed by atoms with E-state index in [9.17, 15) is 33.9 Å². The Labute approximate surface area is 379 Å². The van der Waals surface area contributed by atoms with Crippen LogP contribution in [0.15, 0.2) is 65.9 Å². The maximum absolute atomic E-state index is 15.9. The number of alkyl carbamates (subject to hydrolysis) is 1. The number of benzene rings is 1. The fourth-order valence-electron chi connectivity index (χ4n) is 10.7. The number of aliphatic hydroxyl groups excluding tert-OH is 1. The predicted molar refractivity (Wildman–Crippen MR) is 222 cm³/mol. The van der Waals surface area contributed by atoms with Crippen LogP contribution in [-0.4, -0.2) is 133 Å². The van der Waals surface area contributed by atoms with Crippen LogP contribution in [0.3, 0.4) is 0 Å². The number of ketones is 1. The molecule has 1 aromatic carbocycles. The summed E-state index contributed by atoms with van der Waals surface area (Å²) in [4.78, 5) is 103. The van der Waals surface area contributed by atoms with Crippen LogP contribution in [-0.2, 0) is 61.8 Å². The number of Topliss-reactive ketones (excluding diaryl/α,β-unsaturated/α-hetero) is 1. The van der Waals surface area contributed by atoms with Gasteiger partial charge in [-0.25, -0.2) is 24.0 Å². The molecule has 1 amide bonds. The summed E-state index contributed by atoms with van der Waals surface area (Å²) in [6.45, 7) is 11.8. The number of aliphatic hydroxyl groups is 1. The molecule has 0 unspecified atom stereocenters. The molecule has 12 atom stereocenters. The van der Waals surface area contributed by atoms with Crippen molar-refractivity contribution in [1.29, 1.82) is 0 Å². The smallest absolute Gasteiger partial charge is 0.454 e. The van der Waals surface area contributed by atoms with E-state index in [0.717, 1.165) is 14.0 Å². The molecule has 2 saturated carbocycles. The third-order valence-electron chi connectivity index (χ3n) is 13.5. The SMILES string of the molecule is COC(=O)O[C@H]1C[C@H]2OC[C@@]2(OC(C)=O)[C@H]2[C@H](OC(=O)c3ccccc3)[C@]34OC(=O)O[C@H]3[C@H](OC(=O)[C@H](O)[C@@H](NC(=O)OC(C)(C)C)c3ccccn3)C(C)=C([C@@H](OC)C(=O)[C@]12C)C4(C)C. The normalized spacial score (nSPS) is 32.6. The van der Waals surface area contributed by atoms with Crippen molar-refractivity contribution in [1.82, 2.24) is 10.3 Å². The first-order valence-corrected chi connectivity index (χ1v) is 21.3. The molecule has 2 bridgehead atoms. The molecule has 2 aromatic rings. The van der Waals surface area contributed by atoms with E-state index in [2.05, 4.69) is 10.3 Å². The lowest BCUT2D eigenvalue weighted by molar-refractivity contribution is -0.345. The largest absolute Gasteiger partial charge is 0.509 e. The highest BCUT2D eigenvalue weighted by molar-refractivity contribution is 5.95. The van der Waals surface area contributed by atoms with Gasteiger partial charge in [-0.3, -0.25) is 14.6 Å². The van der Waals surface area contributed by atoms with Gasteiger partial charge in [0.15, 0.2) is 35.8 Å². The van der Waals surface area contributed by atoms with E-state index in [1.807, 2.05) is 0 Å². The zero-order valence-electron chi connectivity index (χ0n) is 38.1. The number of nitrogens with one attached hydrogen (secondary N) is 1. The first-order chi connectivity index (χ1) is 31.0. The van der Waals surface area contributed by atoms with Gasteiger partial charge in [-0.1, -0.05) is 38.1 Å². The molecule has 20 nitrogen and oxygen atoms in total. The topological polar surface area (TPSA) is 257 Å². The van der Waals surface area contributed by atoms with Crippen LogP contribution in [0.4, 0.5) is 14.4 Å². The molecule has 1 aromatic heterocycles. The van der Waals surface area contributed by atoms with Crippen molar-refractivity contribution in [2.75, 3.05) is 20.8 Å². The maximum atomic E-state index is 15.9. The van der Waals surface area contributed by atoms with Gasteiger partial charge in [0.25, 0.3) is 0 Å². The molecular weight excluding hydrogens is 869 g/mol. The van der Waals surface area contributed by atoms with Crippen molar-refractivity contribution in [3.05, 3.63) is 77.1 Å². The summed E-state index contributed by atoms with van der Waals surface area (Å²) in [6.07, 6.45) is -14.2.